The molecule has 5 aliphatic carbocycles. The molecule has 4 nitrogen and oxygen atoms in total. The second-order valence-corrected chi connectivity index (χ2v) is 11.4. The van der Waals surface area contributed by atoms with Gasteiger partial charge >= 0.3 is 5.97 Å². The van der Waals surface area contributed by atoms with Gasteiger partial charge in [-0.1, -0.05) is 26.3 Å². The number of fused-ring (bicyclic) bond motifs is 5. The zero-order chi connectivity index (χ0) is 22.2. The van der Waals surface area contributed by atoms with Gasteiger partial charge in [-0.15, -0.1) is 0 Å². The summed E-state index contributed by atoms with van der Waals surface area (Å²) >= 11 is 0. The van der Waals surface area contributed by atoms with E-state index in [-0.39, 0.29) is 29.0 Å². The maximum absolute atomic E-state index is 11.8. The van der Waals surface area contributed by atoms with Crippen LogP contribution in [0.25, 0.3) is 0 Å². The molecule has 31 heavy (non-hydrogen) atoms. The Morgan fingerprint density at radius 1 is 1.03 bits per heavy atom. The molecule has 0 bridgehead atoms. The van der Waals surface area contributed by atoms with Crippen molar-refractivity contribution >= 4 is 11.8 Å². The maximum atomic E-state index is 11.8. The Hall–Kier alpha value is -1.16. The van der Waals surface area contributed by atoms with E-state index in [9.17, 15) is 14.7 Å². The first-order valence-corrected chi connectivity index (χ1v) is 12.9. The zero-order valence-electron chi connectivity index (χ0n) is 19.8. The van der Waals surface area contributed by atoms with E-state index in [0.29, 0.717) is 18.1 Å². The van der Waals surface area contributed by atoms with Crippen LogP contribution in [-0.2, 0) is 14.3 Å². The molecule has 0 amide bonds. The van der Waals surface area contributed by atoms with Crippen molar-refractivity contribution in [1.29, 1.82) is 0 Å². The normalized spacial score (nSPS) is 41.9. The minimum atomic E-state index is -0.0823. The van der Waals surface area contributed by atoms with Gasteiger partial charge in [-0.3, -0.25) is 9.59 Å². The lowest BCUT2D eigenvalue weighted by molar-refractivity contribution is -0.148. The summed E-state index contributed by atoms with van der Waals surface area (Å²) in [7, 11) is 0. The number of aliphatic hydroxyl groups is 1. The van der Waals surface area contributed by atoms with Gasteiger partial charge in [-0.25, -0.2) is 0 Å². The molecular weight excluding hydrogens is 388 g/mol. The van der Waals surface area contributed by atoms with Gasteiger partial charge in [-0.05, 0) is 105 Å². The first-order valence-electron chi connectivity index (χ1n) is 12.9. The molecule has 0 spiro atoms. The third-order valence-electron chi connectivity index (χ3n) is 9.80. The van der Waals surface area contributed by atoms with E-state index in [1.807, 2.05) is 13.0 Å². The third-order valence-corrected chi connectivity index (χ3v) is 9.80. The van der Waals surface area contributed by atoms with Gasteiger partial charge in [0, 0.05) is 12.8 Å². The highest BCUT2D eigenvalue weighted by Gasteiger charge is 2.58. The molecule has 0 aliphatic heterocycles. The number of allylic oxidation sites excluding steroid dienone is 1. The second kappa shape index (κ2) is 9.00. The molecular formula is C27H42O4. The summed E-state index contributed by atoms with van der Waals surface area (Å²) in [6, 6.07) is 0. The van der Waals surface area contributed by atoms with Crippen molar-refractivity contribution < 1.29 is 19.4 Å². The van der Waals surface area contributed by atoms with E-state index in [1.54, 1.807) is 0 Å². The number of rotatable bonds is 2. The Labute approximate surface area is 188 Å². The van der Waals surface area contributed by atoms with Crippen LogP contribution in [0.1, 0.15) is 104 Å². The average Bonchev–Trinajstić information content (AvgIpc) is 3.37. The summed E-state index contributed by atoms with van der Waals surface area (Å²) in [5, 5.41) is 10.4. The van der Waals surface area contributed by atoms with E-state index in [0.717, 1.165) is 50.4 Å². The minimum absolute atomic E-state index is 0.0492. The van der Waals surface area contributed by atoms with Crippen LogP contribution in [0.2, 0.25) is 0 Å². The fraction of sp³-hybridized carbons (Fsp3) is 0.852. The number of aliphatic hydroxyl groups excluding tert-OH is 1. The fourth-order valence-corrected chi connectivity index (χ4v) is 7.81. The molecule has 6 atom stereocenters. The van der Waals surface area contributed by atoms with Crippen LogP contribution in [0.15, 0.2) is 11.6 Å². The topological polar surface area (TPSA) is 63.6 Å². The summed E-state index contributed by atoms with van der Waals surface area (Å²) in [6.07, 6.45) is 16.1. The first kappa shape index (κ1) is 23.0. The van der Waals surface area contributed by atoms with E-state index in [4.69, 9.17) is 4.74 Å². The summed E-state index contributed by atoms with van der Waals surface area (Å²) in [4.78, 5) is 22.5. The highest BCUT2D eigenvalue weighted by molar-refractivity contribution is 5.91. The number of ketones is 1. The molecule has 174 valence electrons. The Bertz CT molecular complexity index is 721. The Morgan fingerprint density at radius 3 is 2.48 bits per heavy atom. The van der Waals surface area contributed by atoms with Crippen molar-refractivity contribution in [3.63, 3.8) is 0 Å². The number of hydrogen-bond acceptors (Lipinski definition) is 4. The molecule has 5 rings (SSSR count). The Morgan fingerprint density at radius 2 is 1.77 bits per heavy atom. The highest BCUT2D eigenvalue weighted by atomic mass is 16.5. The summed E-state index contributed by atoms with van der Waals surface area (Å²) in [6.45, 7) is 6.59. The number of hydrogen-bond donors (Lipinski definition) is 1. The van der Waals surface area contributed by atoms with E-state index >= 15 is 0 Å². The maximum Gasteiger partial charge on any atom is 0.305 e. The predicted octanol–water partition coefficient (Wildman–Crippen LogP) is 5.76. The van der Waals surface area contributed by atoms with Crippen LogP contribution in [0, 0.1) is 28.6 Å². The molecule has 5 aliphatic rings. The predicted molar refractivity (Wildman–Crippen MR) is 121 cm³/mol. The summed E-state index contributed by atoms with van der Waals surface area (Å²) < 4.78 is 5.12. The van der Waals surface area contributed by atoms with E-state index < -0.39 is 0 Å². The number of ether oxygens (including phenoxy) is 1. The largest absolute Gasteiger partial charge is 0.462 e. The fourth-order valence-electron chi connectivity index (χ4n) is 7.81. The van der Waals surface area contributed by atoms with Crippen LogP contribution in [0.5, 0.6) is 0 Å². The monoisotopic (exact) mass is 430 g/mol. The van der Waals surface area contributed by atoms with Gasteiger partial charge in [0.15, 0.2) is 5.78 Å². The Kier molecular flexibility index (Phi) is 6.68. The van der Waals surface area contributed by atoms with Crippen LogP contribution in [-0.4, -0.2) is 29.1 Å². The second-order valence-electron chi connectivity index (χ2n) is 11.4. The molecule has 4 fully saturated rings. The minimum Gasteiger partial charge on any atom is -0.462 e. The standard InChI is InChI=1S/C19H28O2.C8H14O2/c1-18-9-7-13(20)11-12(18)3-4-14-15-5-6-17(21)19(15,2)10-8-16(14)18;1-2-8(9)10-7-5-3-4-6-7/h11,14-17,21H,3-10H2,1-2H3;7H,2-6H2,1H3/t14-,15-,16-,17-,18-,19-;/m0./s1. The first-order chi connectivity index (χ1) is 14.8. The van der Waals surface area contributed by atoms with Crippen LogP contribution in [0.4, 0.5) is 0 Å². The van der Waals surface area contributed by atoms with Crippen molar-refractivity contribution in [3.05, 3.63) is 11.6 Å². The van der Waals surface area contributed by atoms with Gasteiger partial charge in [0.2, 0.25) is 0 Å². The molecule has 0 radical (unpaired) electrons. The SMILES string of the molecule is CCC(=O)OC1CCCC1.C[C@]12CC[C@H]3[C@@H](CCC4=CC(=O)CC[C@@]43C)[C@@H]1CC[C@@H]2O. The van der Waals surface area contributed by atoms with E-state index in [2.05, 4.69) is 13.8 Å². The molecule has 0 aromatic heterocycles. The number of carbonyl (C=O) groups excluding carboxylic acids is 2. The van der Waals surface area contributed by atoms with Crippen LogP contribution >= 0.6 is 0 Å². The van der Waals surface area contributed by atoms with Crippen LogP contribution in [0.3, 0.4) is 0 Å². The number of esters is 1. The lowest BCUT2D eigenvalue weighted by Gasteiger charge is -2.57. The van der Waals surface area contributed by atoms with Gasteiger partial charge in [0.1, 0.15) is 6.10 Å². The van der Waals surface area contributed by atoms with Crippen molar-refractivity contribution in [2.24, 2.45) is 28.6 Å². The zero-order valence-corrected chi connectivity index (χ0v) is 19.8. The summed E-state index contributed by atoms with van der Waals surface area (Å²) in [5.41, 5.74) is 1.89. The lowest BCUT2D eigenvalue weighted by Crippen LogP contribution is -2.51. The number of carbonyl (C=O) groups is 2. The molecule has 0 saturated heterocycles. The lowest BCUT2D eigenvalue weighted by atomic mass is 9.47. The van der Waals surface area contributed by atoms with Crippen LogP contribution < -0.4 is 0 Å². The quantitative estimate of drug-likeness (QED) is 0.566. The summed E-state index contributed by atoms with van der Waals surface area (Å²) in [5.74, 6) is 2.53. The molecule has 0 aromatic rings. The molecule has 0 aromatic carbocycles. The molecule has 4 saturated carbocycles. The van der Waals surface area contributed by atoms with Gasteiger partial charge in [0.05, 0.1) is 6.10 Å². The van der Waals surface area contributed by atoms with Gasteiger partial charge < -0.3 is 9.84 Å². The van der Waals surface area contributed by atoms with Crippen molar-refractivity contribution in [2.45, 2.75) is 116 Å². The van der Waals surface area contributed by atoms with Gasteiger partial charge in [-0.2, -0.15) is 0 Å². The molecule has 0 heterocycles. The van der Waals surface area contributed by atoms with Gasteiger partial charge in [0.25, 0.3) is 0 Å². The van der Waals surface area contributed by atoms with E-state index in [1.165, 1.54) is 44.1 Å². The molecule has 1 N–H and O–H groups in total. The van der Waals surface area contributed by atoms with Crippen molar-refractivity contribution in [1.82, 2.24) is 0 Å². The average molecular weight is 431 g/mol. The van der Waals surface area contributed by atoms with Crippen molar-refractivity contribution in [3.8, 4) is 0 Å². The third kappa shape index (κ3) is 4.26. The smallest absolute Gasteiger partial charge is 0.305 e. The Balaban J connectivity index is 0.000000196. The highest BCUT2D eigenvalue weighted by Crippen LogP contribution is 2.65. The van der Waals surface area contributed by atoms with Crippen molar-refractivity contribution in [2.75, 3.05) is 0 Å². The molecule has 0 unspecified atom stereocenters. The molecule has 4 heteroatoms.